The van der Waals surface area contributed by atoms with Crippen molar-refractivity contribution in [1.82, 2.24) is 9.97 Å². The van der Waals surface area contributed by atoms with Gasteiger partial charge < -0.3 is 0 Å². The molecular formula is C15H15F3N2. The van der Waals surface area contributed by atoms with Gasteiger partial charge in [-0.25, -0.2) is 0 Å². The summed E-state index contributed by atoms with van der Waals surface area (Å²) in [5.41, 5.74) is 2.12. The SMILES string of the molecule is Cc1cc(C(C)C)ncc1-c1ccnc(C(F)(F)F)c1. The highest BCUT2D eigenvalue weighted by Gasteiger charge is 2.32. The first-order chi connectivity index (χ1) is 9.29. The normalized spacial score (nSPS) is 11.9. The second kappa shape index (κ2) is 5.23. The fraction of sp³-hybridized carbons (Fsp3) is 0.333. The number of pyridine rings is 2. The largest absolute Gasteiger partial charge is 0.433 e. The number of halogens is 3. The molecule has 2 aromatic heterocycles. The Morgan fingerprint density at radius 1 is 1.10 bits per heavy atom. The summed E-state index contributed by atoms with van der Waals surface area (Å²) in [6.45, 7) is 5.92. The molecule has 0 aliphatic rings. The topological polar surface area (TPSA) is 25.8 Å². The van der Waals surface area contributed by atoms with Gasteiger partial charge in [0.2, 0.25) is 0 Å². The van der Waals surface area contributed by atoms with Crippen LogP contribution in [0.15, 0.2) is 30.6 Å². The standard InChI is InChI=1S/C15H15F3N2/c1-9(2)13-6-10(3)12(8-20-13)11-4-5-19-14(7-11)15(16,17)18/h4-9H,1-3H3. The van der Waals surface area contributed by atoms with E-state index in [0.29, 0.717) is 11.1 Å². The maximum atomic E-state index is 12.7. The Morgan fingerprint density at radius 2 is 1.80 bits per heavy atom. The molecule has 0 saturated carbocycles. The minimum atomic E-state index is -4.44. The van der Waals surface area contributed by atoms with Crippen LogP contribution in [0.4, 0.5) is 13.2 Å². The Balaban J connectivity index is 2.47. The molecule has 0 spiro atoms. The summed E-state index contributed by atoms with van der Waals surface area (Å²) in [4.78, 5) is 7.67. The Morgan fingerprint density at radius 3 is 2.35 bits per heavy atom. The van der Waals surface area contributed by atoms with Crippen LogP contribution in [-0.2, 0) is 6.18 Å². The third-order valence-corrected chi connectivity index (χ3v) is 3.08. The van der Waals surface area contributed by atoms with Gasteiger partial charge in [-0.05, 0) is 42.2 Å². The maximum Gasteiger partial charge on any atom is 0.433 e. The monoisotopic (exact) mass is 280 g/mol. The molecule has 0 amide bonds. The van der Waals surface area contributed by atoms with Crippen LogP contribution in [0.3, 0.4) is 0 Å². The molecule has 2 aromatic rings. The summed E-state index contributed by atoms with van der Waals surface area (Å²) in [6.07, 6.45) is -1.64. The minimum Gasteiger partial charge on any atom is -0.260 e. The molecule has 0 aliphatic heterocycles. The van der Waals surface area contributed by atoms with E-state index < -0.39 is 11.9 Å². The van der Waals surface area contributed by atoms with Crippen molar-refractivity contribution in [3.8, 4) is 11.1 Å². The van der Waals surface area contributed by atoms with Crippen molar-refractivity contribution in [1.29, 1.82) is 0 Å². The zero-order chi connectivity index (χ0) is 14.9. The zero-order valence-corrected chi connectivity index (χ0v) is 11.5. The Labute approximate surface area is 115 Å². The van der Waals surface area contributed by atoms with Crippen LogP contribution in [0.1, 0.15) is 36.7 Å². The van der Waals surface area contributed by atoms with Crippen LogP contribution in [0.5, 0.6) is 0 Å². The van der Waals surface area contributed by atoms with Gasteiger partial charge in [-0.15, -0.1) is 0 Å². The van der Waals surface area contributed by atoms with E-state index in [1.807, 2.05) is 26.8 Å². The van der Waals surface area contributed by atoms with Gasteiger partial charge in [0.1, 0.15) is 5.69 Å². The van der Waals surface area contributed by atoms with Crippen LogP contribution in [-0.4, -0.2) is 9.97 Å². The van der Waals surface area contributed by atoms with Crippen LogP contribution < -0.4 is 0 Å². The summed E-state index contributed by atoms with van der Waals surface area (Å²) in [6, 6.07) is 4.53. The third kappa shape index (κ3) is 2.98. The number of alkyl halides is 3. The lowest BCUT2D eigenvalue weighted by Crippen LogP contribution is -2.07. The van der Waals surface area contributed by atoms with Crippen molar-refractivity contribution in [2.24, 2.45) is 0 Å². The lowest BCUT2D eigenvalue weighted by molar-refractivity contribution is -0.141. The molecule has 0 bridgehead atoms. The molecule has 0 fully saturated rings. The summed E-state index contributed by atoms with van der Waals surface area (Å²) in [7, 11) is 0. The lowest BCUT2D eigenvalue weighted by atomic mass is 10.00. The van der Waals surface area contributed by atoms with E-state index >= 15 is 0 Å². The van der Waals surface area contributed by atoms with Crippen LogP contribution in [0.2, 0.25) is 0 Å². The Hall–Kier alpha value is -1.91. The van der Waals surface area contributed by atoms with Gasteiger partial charge in [0, 0.05) is 23.7 Å². The molecule has 0 aliphatic carbocycles. The fourth-order valence-electron chi connectivity index (χ4n) is 1.95. The highest BCUT2D eigenvalue weighted by Crippen LogP contribution is 2.31. The van der Waals surface area contributed by atoms with E-state index in [4.69, 9.17) is 0 Å². The maximum absolute atomic E-state index is 12.7. The van der Waals surface area contributed by atoms with Crippen molar-refractivity contribution in [3.63, 3.8) is 0 Å². The quantitative estimate of drug-likeness (QED) is 0.803. The summed E-state index contributed by atoms with van der Waals surface area (Å²) < 4.78 is 38.0. The van der Waals surface area contributed by atoms with Gasteiger partial charge in [-0.2, -0.15) is 13.2 Å². The van der Waals surface area contributed by atoms with Crippen molar-refractivity contribution in [2.45, 2.75) is 32.9 Å². The number of aryl methyl sites for hydroxylation is 1. The van der Waals surface area contributed by atoms with Crippen LogP contribution >= 0.6 is 0 Å². The lowest BCUT2D eigenvalue weighted by Gasteiger charge is -2.11. The molecule has 0 atom stereocenters. The van der Waals surface area contributed by atoms with Gasteiger partial charge in [0.15, 0.2) is 0 Å². The first kappa shape index (κ1) is 14.5. The molecule has 5 heteroatoms. The molecule has 0 aromatic carbocycles. The van der Waals surface area contributed by atoms with Gasteiger partial charge >= 0.3 is 6.18 Å². The first-order valence-corrected chi connectivity index (χ1v) is 6.29. The van der Waals surface area contributed by atoms with Gasteiger partial charge in [-0.3, -0.25) is 9.97 Å². The number of hydrogen-bond acceptors (Lipinski definition) is 2. The molecule has 2 nitrogen and oxygen atoms in total. The smallest absolute Gasteiger partial charge is 0.260 e. The van der Waals surface area contributed by atoms with Gasteiger partial charge in [0.05, 0.1) is 0 Å². The third-order valence-electron chi connectivity index (χ3n) is 3.08. The van der Waals surface area contributed by atoms with Crippen molar-refractivity contribution in [2.75, 3.05) is 0 Å². The number of rotatable bonds is 2. The number of hydrogen-bond donors (Lipinski definition) is 0. The van der Waals surface area contributed by atoms with Gasteiger partial charge in [-0.1, -0.05) is 13.8 Å². The van der Waals surface area contributed by atoms with Crippen LogP contribution in [0.25, 0.3) is 11.1 Å². The first-order valence-electron chi connectivity index (χ1n) is 6.29. The Bertz CT molecular complexity index is 619. The summed E-state index contributed by atoms with van der Waals surface area (Å²) in [5, 5.41) is 0. The van der Waals surface area contributed by atoms with E-state index in [0.717, 1.165) is 17.3 Å². The van der Waals surface area contributed by atoms with Crippen molar-refractivity contribution >= 4 is 0 Å². The molecule has 0 radical (unpaired) electrons. The highest BCUT2D eigenvalue weighted by atomic mass is 19.4. The molecule has 0 unspecified atom stereocenters. The second-order valence-electron chi connectivity index (χ2n) is 5.01. The minimum absolute atomic E-state index is 0.283. The average Bonchev–Trinajstić information content (AvgIpc) is 2.37. The highest BCUT2D eigenvalue weighted by molar-refractivity contribution is 5.66. The van der Waals surface area contributed by atoms with E-state index in [9.17, 15) is 13.2 Å². The van der Waals surface area contributed by atoms with E-state index in [2.05, 4.69) is 9.97 Å². The second-order valence-corrected chi connectivity index (χ2v) is 5.01. The Kier molecular flexibility index (Phi) is 3.79. The van der Waals surface area contributed by atoms with E-state index in [1.54, 1.807) is 12.3 Å². The summed E-state index contributed by atoms with van der Waals surface area (Å²) in [5.74, 6) is 0.283. The molecular weight excluding hydrogens is 265 g/mol. The predicted molar refractivity (Wildman–Crippen MR) is 71.3 cm³/mol. The van der Waals surface area contributed by atoms with Crippen LogP contribution in [0, 0.1) is 6.92 Å². The number of nitrogens with zero attached hydrogens (tertiary/aromatic N) is 2. The predicted octanol–water partition coefficient (Wildman–Crippen LogP) is 4.59. The van der Waals surface area contributed by atoms with Gasteiger partial charge in [0.25, 0.3) is 0 Å². The van der Waals surface area contributed by atoms with E-state index in [-0.39, 0.29) is 5.92 Å². The molecule has 2 heterocycles. The molecule has 20 heavy (non-hydrogen) atoms. The summed E-state index contributed by atoms with van der Waals surface area (Å²) >= 11 is 0. The molecule has 2 rings (SSSR count). The van der Waals surface area contributed by atoms with Crippen molar-refractivity contribution in [3.05, 3.63) is 47.5 Å². The average molecular weight is 280 g/mol. The molecule has 0 saturated heterocycles. The van der Waals surface area contributed by atoms with Crippen molar-refractivity contribution < 1.29 is 13.2 Å². The fourth-order valence-corrected chi connectivity index (χ4v) is 1.95. The number of aromatic nitrogens is 2. The molecule has 0 N–H and O–H groups in total. The van der Waals surface area contributed by atoms with E-state index in [1.165, 1.54) is 6.20 Å². The molecule has 106 valence electrons. The zero-order valence-electron chi connectivity index (χ0n) is 11.5.